The molecular weight excluding hydrogens is 280 g/mol. The molecule has 0 saturated carbocycles. The van der Waals surface area contributed by atoms with Gasteiger partial charge in [0.15, 0.2) is 10.8 Å². The minimum Gasteiger partial charge on any atom is -0.394 e. The van der Waals surface area contributed by atoms with Gasteiger partial charge in [-0.1, -0.05) is 25.4 Å². The topological polar surface area (TPSA) is 73.1 Å². The van der Waals surface area contributed by atoms with Crippen LogP contribution in [-0.4, -0.2) is 37.3 Å². The molecule has 1 fully saturated rings. The zero-order valence-corrected chi connectivity index (χ0v) is 12.6. The third-order valence-corrected chi connectivity index (χ3v) is 3.35. The number of ether oxygens (including phenoxy) is 1. The van der Waals surface area contributed by atoms with Crippen LogP contribution in [0.4, 0.5) is 0 Å². The van der Waals surface area contributed by atoms with Gasteiger partial charge in [-0.2, -0.15) is 0 Å². The Labute approximate surface area is 122 Å². The molecule has 0 radical (unpaired) electrons. The number of aryl methyl sites for hydroxylation is 1. The molecule has 2 unspecified atom stereocenters. The molecule has 2 aromatic rings. The largest absolute Gasteiger partial charge is 0.394 e. The predicted molar refractivity (Wildman–Crippen MR) is 76.6 cm³/mol. The van der Waals surface area contributed by atoms with Crippen molar-refractivity contribution in [3.05, 3.63) is 17.3 Å². The van der Waals surface area contributed by atoms with Gasteiger partial charge in [-0.3, -0.25) is 4.57 Å². The molecule has 0 aromatic carbocycles. The standard InChI is InChI=1S/C11H13ClN4O2.C2H6/c1-6-14-10(12)9-11(15-6)16(5-13-9)8-3-2-7(4-17)18-8;1-2/h5,7-8,17H,2-4H2,1H3;1-2H3. The van der Waals surface area contributed by atoms with Gasteiger partial charge in [0.1, 0.15) is 17.6 Å². The van der Waals surface area contributed by atoms with Crippen molar-refractivity contribution in [3.63, 3.8) is 0 Å². The summed E-state index contributed by atoms with van der Waals surface area (Å²) in [5.41, 5.74) is 1.26. The molecule has 0 bridgehead atoms. The van der Waals surface area contributed by atoms with Crippen LogP contribution < -0.4 is 0 Å². The maximum absolute atomic E-state index is 9.09. The highest BCUT2D eigenvalue weighted by molar-refractivity contribution is 6.33. The molecule has 3 heterocycles. The van der Waals surface area contributed by atoms with Crippen molar-refractivity contribution in [1.82, 2.24) is 19.5 Å². The summed E-state index contributed by atoms with van der Waals surface area (Å²) in [6.07, 6.45) is 3.08. The second kappa shape index (κ2) is 6.47. The van der Waals surface area contributed by atoms with E-state index < -0.39 is 0 Å². The molecule has 110 valence electrons. The molecule has 0 aliphatic carbocycles. The number of fused-ring (bicyclic) bond motifs is 1. The summed E-state index contributed by atoms with van der Waals surface area (Å²) in [5, 5.41) is 9.44. The lowest BCUT2D eigenvalue weighted by molar-refractivity contribution is -0.0207. The van der Waals surface area contributed by atoms with Crippen LogP contribution in [0.2, 0.25) is 5.15 Å². The minimum absolute atomic E-state index is 0.0396. The smallest absolute Gasteiger partial charge is 0.167 e. The van der Waals surface area contributed by atoms with E-state index in [4.69, 9.17) is 21.4 Å². The summed E-state index contributed by atoms with van der Waals surface area (Å²) in [5.74, 6) is 0.603. The van der Waals surface area contributed by atoms with Crippen molar-refractivity contribution in [1.29, 1.82) is 0 Å². The van der Waals surface area contributed by atoms with Crippen molar-refractivity contribution in [2.24, 2.45) is 0 Å². The maximum Gasteiger partial charge on any atom is 0.167 e. The van der Waals surface area contributed by atoms with Gasteiger partial charge < -0.3 is 9.84 Å². The van der Waals surface area contributed by atoms with E-state index >= 15 is 0 Å². The molecule has 1 aliphatic rings. The average Bonchev–Trinajstić information content (AvgIpc) is 3.06. The highest BCUT2D eigenvalue weighted by Gasteiger charge is 2.27. The first-order valence-corrected chi connectivity index (χ1v) is 7.20. The number of aliphatic hydroxyl groups excluding tert-OH is 1. The van der Waals surface area contributed by atoms with Crippen molar-refractivity contribution in [2.45, 2.75) is 45.9 Å². The fraction of sp³-hybridized carbons (Fsp3) is 0.615. The predicted octanol–water partition coefficient (Wildman–Crippen LogP) is 2.48. The molecular formula is C13H19ClN4O2. The zero-order valence-electron chi connectivity index (χ0n) is 11.9. The summed E-state index contributed by atoms with van der Waals surface area (Å²) >= 11 is 6.03. The minimum atomic E-state index is -0.141. The van der Waals surface area contributed by atoms with Crippen LogP contribution in [0.25, 0.3) is 11.2 Å². The van der Waals surface area contributed by atoms with E-state index in [1.807, 2.05) is 18.4 Å². The Bertz CT molecular complexity index is 587. The first-order valence-electron chi connectivity index (χ1n) is 6.82. The van der Waals surface area contributed by atoms with Crippen molar-refractivity contribution in [2.75, 3.05) is 6.61 Å². The van der Waals surface area contributed by atoms with Gasteiger partial charge in [0.05, 0.1) is 19.0 Å². The molecule has 1 saturated heterocycles. The quantitative estimate of drug-likeness (QED) is 0.862. The zero-order chi connectivity index (χ0) is 14.7. The van der Waals surface area contributed by atoms with Gasteiger partial charge in [0.2, 0.25) is 0 Å². The monoisotopic (exact) mass is 298 g/mol. The number of hydrogen-bond donors (Lipinski definition) is 1. The van der Waals surface area contributed by atoms with E-state index in [1.54, 1.807) is 13.3 Å². The van der Waals surface area contributed by atoms with E-state index in [2.05, 4.69) is 15.0 Å². The Balaban J connectivity index is 0.000000704. The van der Waals surface area contributed by atoms with E-state index in [-0.39, 0.29) is 18.9 Å². The van der Waals surface area contributed by atoms with Crippen molar-refractivity contribution in [3.8, 4) is 0 Å². The summed E-state index contributed by atoms with van der Waals surface area (Å²) < 4.78 is 7.57. The van der Waals surface area contributed by atoms with Crippen molar-refractivity contribution < 1.29 is 9.84 Å². The maximum atomic E-state index is 9.09. The normalized spacial score (nSPS) is 21.9. The fourth-order valence-electron chi connectivity index (χ4n) is 2.22. The lowest BCUT2D eigenvalue weighted by atomic mass is 10.2. The Morgan fingerprint density at radius 2 is 2.15 bits per heavy atom. The molecule has 2 aromatic heterocycles. The molecule has 20 heavy (non-hydrogen) atoms. The molecule has 1 N–H and O–H groups in total. The average molecular weight is 299 g/mol. The van der Waals surface area contributed by atoms with Crippen LogP contribution in [0, 0.1) is 6.92 Å². The van der Waals surface area contributed by atoms with Gasteiger partial charge in [0.25, 0.3) is 0 Å². The highest BCUT2D eigenvalue weighted by atomic mass is 35.5. The lowest BCUT2D eigenvalue weighted by Gasteiger charge is -2.13. The van der Waals surface area contributed by atoms with Gasteiger partial charge in [-0.25, -0.2) is 15.0 Å². The van der Waals surface area contributed by atoms with Gasteiger partial charge in [-0.15, -0.1) is 0 Å². The highest BCUT2D eigenvalue weighted by Crippen LogP contribution is 2.31. The second-order valence-corrected chi connectivity index (χ2v) is 4.72. The van der Waals surface area contributed by atoms with Gasteiger partial charge in [0, 0.05) is 0 Å². The summed E-state index contributed by atoms with van der Waals surface area (Å²) in [7, 11) is 0. The number of aliphatic hydroxyl groups is 1. The SMILES string of the molecule is CC.Cc1nc(Cl)c2ncn(C3CCC(CO)O3)c2n1. The molecule has 7 heteroatoms. The van der Waals surface area contributed by atoms with Gasteiger partial charge >= 0.3 is 0 Å². The summed E-state index contributed by atoms with van der Waals surface area (Å²) in [6.45, 7) is 5.83. The Morgan fingerprint density at radius 1 is 1.40 bits per heavy atom. The number of rotatable bonds is 2. The van der Waals surface area contributed by atoms with E-state index in [1.165, 1.54) is 0 Å². The van der Waals surface area contributed by atoms with Gasteiger partial charge in [-0.05, 0) is 19.8 Å². The number of hydrogen-bond acceptors (Lipinski definition) is 5. The van der Waals surface area contributed by atoms with Crippen molar-refractivity contribution >= 4 is 22.8 Å². The van der Waals surface area contributed by atoms with Crippen LogP contribution in [0.1, 0.15) is 38.7 Å². The van der Waals surface area contributed by atoms with E-state index in [0.29, 0.717) is 22.1 Å². The number of imidazole rings is 1. The summed E-state index contributed by atoms with van der Waals surface area (Å²) in [4.78, 5) is 12.6. The molecule has 2 atom stereocenters. The number of nitrogens with zero attached hydrogens (tertiary/aromatic N) is 4. The van der Waals surface area contributed by atoms with Crippen LogP contribution in [0.5, 0.6) is 0 Å². The Hall–Kier alpha value is -1.24. The molecule has 1 aliphatic heterocycles. The molecule has 6 nitrogen and oxygen atoms in total. The molecule has 0 spiro atoms. The first-order chi connectivity index (χ1) is 9.69. The van der Waals surface area contributed by atoms with Crippen LogP contribution in [-0.2, 0) is 4.74 Å². The van der Waals surface area contributed by atoms with Crippen LogP contribution in [0.3, 0.4) is 0 Å². The third kappa shape index (κ3) is 2.77. The van der Waals surface area contributed by atoms with Crippen LogP contribution in [0.15, 0.2) is 6.33 Å². The summed E-state index contributed by atoms with van der Waals surface area (Å²) in [6, 6.07) is 0. The van der Waals surface area contributed by atoms with E-state index in [9.17, 15) is 0 Å². The van der Waals surface area contributed by atoms with Crippen LogP contribution >= 0.6 is 11.6 Å². The van der Waals surface area contributed by atoms with E-state index in [0.717, 1.165) is 12.8 Å². The lowest BCUT2D eigenvalue weighted by Crippen LogP contribution is -2.14. The Morgan fingerprint density at radius 3 is 2.80 bits per heavy atom. The fourth-order valence-corrected chi connectivity index (χ4v) is 2.48. The third-order valence-electron chi connectivity index (χ3n) is 3.09. The number of aromatic nitrogens is 4. The number of halogens is 1. The molecule has 3 rings (SSSR count). The Kier molecular flexibility index (Phi) is 4.91. The molecule has 0 amide bonds. The first kappa shape index (κ1) is 15.2. The second-order valence-electron chi connectivity index (χ2n) is 4.36.